The molecule has 1 heterocycles. The lowest BCUT2D eigenvalue weighted by Gasteiger charge is -2.10. The van der Waals surface area contributed by atoms with Crippen LogP contribution in [0.1, 0.15) is 11.1 Å². The molecule has 1 aromatic heterocycles. The third kappa shape index (κ3) is 2.05. The molecule has 0 saturated heterocycles. The molecule has 5 heteroatoms. The van der Waals surface area contributed by atoms with E-state index in [4.69, 9.17) is 5.73 Å². The Kier molecular flexibility index (Phi) is 2.89. The van der Waals surface area contributed by atoms with Crippen LogP contribution >= 0.6 is 0 Å². The fourth-order valence-corrected chi connectivity index (χ4v) is 2.25. The second-order valence-electron chi connectivity index (χ2n) is 3.64. The van der Waals surface area contributed by atoms with E-state index in [-0.39, 0.29) is 5.75 Å². The van der Waals surface area contributed by atoms with Crippen molar-refractivity contribution in [2.24, 2.45) is 0 Å². The van der Waals surface area contributed by atoms with Gasteiger partial charge in [-0.05, 0) is 41.6 Å². The van der Waals surface area contributed by atoms with Crippen molar-refractivity contribution < 1.29 is 8.76 Å². The summed E-state index contributed by atoms with van der Waals surface area (Å²) >= 11 is -2.07. The molecule has 0 fully saturated rings. The summed E-state index contributed by atoms with van der Waals surface area (Å²) in [6.45, 7) is 1.87. The zero-order chi connectivity index (χ0) is 11.7. The van der Waals surface area contributed by atoms with E-state index < -0.39 is 11.1 Å². The molecule has 2 aromatic rings. The molecule has 0 aliphatic heterocycles. The van der Waals surface area contributed by atoms with Gasteiger partial charge in [-0.1, -0.05) is 11.1 Å². The van der Waals surface area contributed by atoms with Crippen molar-refractivity contribution in [2.45, 2.75) is 12.7 Å². The van der Waals surface area contributed by atoms with Crippen molar-refractivity contribution in [3.05, 3.63) is 35.5 Å². The maximum atomic E-state index is 10.7. The van der Waals surface area contributed by atoms with Crippen molar-refractivity contribution in [1.29, 1.82) is 0 Å². The zero-order valence-electron chi connectivity index (χ0n) is 8.77. The largest absolute Gasteiger partial charge is 0.772 e. The Morgan fingerprint density at radius 3 is 2.94 bits per heavy atom. The number of rotatable bonds is 2. The number of aryl methyl sites for hydroxylation is 1. The maximum absolute atomic E-state index is 10.7. The summed E-state index contributed by atoms with van der Waals surface area (Å²) in [5.74, 6) is 0.500. The second kappa shape index (κ2) is 4.19. The molecule has 84 valence electrons. The standard InChI is InChI=1S/C11H12N2O2S/c1-7-4-10-8(2-3-13-11(10)12)5-9(7)6-16(14)15/h2-5H,6H2,1H3,(H2,12,13)(H,14,15)/p-1. The minimum Gasteiger partial charge on any atom is -0.772 e. The van der Waals surface area contributed by atoms with Crippen LogP contribution in [0.3, 0.4) is 0 Å². The smallest absolute Gasteiger partial charge is 0.131 e. The SMILES string of the molecule is Cc1cc2c(N)nccc2cc1CS(=O)[O-]. The van der Waals surface area contributed by atoms with E-state index in [1.807, 2.05) is 25.1 Å². The van der Waals surface area contributed by atoms with Gasteiger partial charge in [0, 0.05) is 17.3 Å². The molecule has 1 unspecified atom stereocenters. The molecule has 0 bridgehead atoms. The Labute approximate surface area is 95.8 Å². The summed E-state index contributed by atoms with van der Waals surface area (Å²) in [7, 11) is 0. The van der Waals surface area contributed by atoms with Gasteiger partial charge < -0.3 is 10.3 Å². The fraction of sp³-hybridized carbons (Fsp3) is 0.182. The molecule has 0 radical (unpaired) electrons. The van der Waals surface area contributed by atoms with E-state index >= 15 is 0 Å². The Hall–Kier alpha value is -1.46. The number of benzene rings is 1. The first kappa shape index (κ1) is 11.0. The lowest BCUT2D eigenvalue weighted by molar-refractivity contribution is 0.536. The van der Waals surface area contributed by atoms with E-state index in [2.05, 4.69) is 4.98 Å². The van der Waals surface area contributed by atoms with Crippen LogP contribution in [0.5, 0.6) is 0 Å². The Balaban J connectivity index is 2.63. The second-order valence-corrected chi connectivity index (χ2v) is 4.54. The zero-order valence-corrected chi connectivity index (χ0v) is 9.58. The van der Waals surface area contributed by atoms with Gasteiger partial charge >= 0.3 is 0 Å². The van der Waals surface area contributed by atoms with Gasteiger partial charge in [0.15, 0.2) is 0 Å². The van der Waals surface area contributed by atoms with Crippen molar-refractivity contribution >= 4 is 27.7 Å². The number of nitrogens with two attached hydrogens (primary N) is 1. The van der Waals surface area contributed by atoms with Crippen LogP contribution in [0, 0.1) is 6.92 Å². The third-order valence-electron chi connectivity index (χ3n) is 2.53. The Morgan fingerprint density at radius 2 is 2.25 bits per heavy atom. The van der Waals surface area contributed by atoms with Crippen molar-refractivity contribution in [1.82, 2.24) is 4.98 Å². The molecule has 2 rings (SSSR count). The molecular weight excluding hydrogens is 224 g/mol. The van der Waals surface area contributed by atoms with E-state index in [9.17, 15) is 8.76 Å². The summed E-state index contributed by atoms with van der Waals surface area (Å²) in [6.07, 6.45) is 1.62. The van der Waals surface area contributed by atoms with Crippen LogP contribution < -0.4 is 5.73 Å². The number of hydrogen-bond acceptors (Lipinski definition) is 4. The highest BCUT2D eigenvalue weighted by Crippen LogP contribution is 2.23. The topological polar surface area (TPSA) is 79.0 Å². The number of fused-ring (bicyclic) bond motifs is 1. The van der Waals surface area contributed by atoms with Crippen molar-refractivity contribution in [3.8, 4) is 0 Å². The van der Waals surface area contributed by atoms with Gasteiger partial charge in [0.1, 0.15) is 5.82 Å². The van der Waals surface area contributed by atoms with Crippen molar-refractivity contribution in [3.63, 3.8) is 0 Å². The van der Waals surface area contributed by atoms with Crippen molar-refractivity contribution in [2.75, 3.05) is 5.73 Å². The van der Waals surface area contributed by atoms with Crippen LogP contribution in [-0.4, -0.2) is 13.7 Å². The van der Waals surface area contributed by atoms with Crippen LogP contribution in [0.4, 0.5) is 5.82 Å². The molecular formula is C11H11N2O2S-. The average Bonchev–Trinajstić information content (AvgIpc) is 2.20. The van der Waals surface area contributed by atoms with Crippen LogP contribution in [0.2, 0.25) is 0 Å². The van der Waals surface area contributed by atoms with Gasteiger partial charge in [0.25, 0.3) is 0 Å². The quantitative estimate of drug-likeness (QED) is 0.800. The normalized spacial score (nSPS) is 12.9. The molecule has 0 aliphatic rings. The maximum Gasteiger partial charge on any atom is 0.131 e. The van der Waals surface area contributed by atoms with Crippen LogP contribution in [0.15, 0.2) is 24.4 Å². The van der Waals surface area contributed by atoms with Gasteiger partial charge in [-0.2, -0.15) is 0 Å². The van der Waals surface area contributed by atoms with Gasteiger partial charge in [-0.25, -0.2) is 4.98 Å². The van der Waals surface area contributed by atoms with Gasteiger partial charge in [0.05, 0.1) is 0 Å². The molecule has 4 nitrogen and oxygen atoms in total. The summed E-state index contributed by atoms with van der Waals surface area (Å²) in [5.41, 5.74) is 7.45. The predicted octanol–water partition coefficient (Wildman–Crippen LogP) is 1.50. The van der Waals surface area contributed by atoms with Crippen LogP contribution in [0.25, 0.3) is 10.8 Å². The fourth-order valence-electron chi connectivity index (χ4n) is 1.68. The number of nitrogens with zero attached hydrogens (tertiary/aromatic N) is 1. The molecule has 1 atom stereocenters. The van der Waals surface area contributed by atoms with E-state index in [0.717, 1.165) is 21.9 Å². The first-order valence-corrected chi connectivity index (χ1v) is 6.02. The van der Waals surface area contributed by atoms with E-state index in [1.165, 1.54) is 0 Å². The highest BCUT2D eigenvalue weighted by atomic mass is 32.2. The average molecular weight is 235 g/mol. The van der Waals surface area contributed by atoms with Gasteiger partial charge in [0.2, 0.25) is 0 Å². The minimum absolute atomic E-state index is 0.0317. The summed E-state index contributed by atoms with van der Waals surface area (Å²) in [4.78, 5) is 4.00. The van der Waals surface area contributed by atoms with E-state index in [1.54, 1.807) is 6.20 Å². The lowest BCUT2D eigenvalue weighted by Crippen LogP contribution is -1.98. The van der Waals surface area contributed by atoms with E-state index in [0.29, 0.717) is 5.82 Å². The van der Waals surface area contributed by atoms with Gasteiger partial charge in [-0.3, -0.25) is 4.21 Å². The highest BCUT2D eigenvalue weighted by Gasteiger charge is 2.04. The molecule has 0 amide bonds. The number of anilines is 1. The Bertz CT molecular complexity index is 569. The monoisotopic (exact) mass is 235 g/mol. The third-order valence-corrected chi connectivity index (χ3v) is 3.07. The highest BCUT2D eigenvalue weighted by molar-refractivity contribution is 7.78. The predicted molar refractivity (Wildman–Crippen MR) is 63.5 cm³/mol. The summed E-state index contributed by atoms with van der Waals surface area (Å²) < 4.78 is 21.4. The molecule has 0 saturated carbocycles. The number of aromatic nitrogens is 1. The first-order valence-electron chi connectivity index (χ1n) is 4.77. The van der Waals surface area contributed by atoms with Gasteiger partial charge in [-0.15, -0.1) is 0 Å². The Morgan fingerprint density at radius 1 is 1.50 bits per heavy atom. The molecule has 0 spiro atoms. The molecule has 0 aliphatic carbocycles. The molecule has 2 N–H and O–H groups in total. The number of nitrogen functional groups attached to an aromatic ring is 1. The summed E-state index contributed by atoms with van der Waals surface area (Å²) in [6, 6.07) is 5.54. The first-order chi connectivity index (χ1) is 7.58. The number of hydrogen-bond donors (Lipinski definition) is 1. The molecule has 16 heavy (non-hydrogen) atoms. The van der Waals surface area contributed by atoms with Crippen LogP contribution in [-0.2, 0) is 16.8 Å². The number of pyridine rings is 1. The lowest BCUT2D eigenvalue weighted by atomic mass is 10.0. The minimum atomic E-state index is -2.07. The summed E-state index contributed by atoms with van der Waals surface area (Å²) in [5, 5.41) is 1.78. The molecule has 1 aromatic carbocycles.